The summed E-state index contributed by atoms with van der Waals surface area (Å²) in [6.07, 6.45) is 9.41. The van der Waals surface area contributed by atoms with Crippen LogP contribution in [0, 0.1) is 11.3 Å². The van der Waals surface area contributed by atoms with E-state index in [1.165, 1.54) is 36.8 Å². The predicted molar refractivity (Wildman–Crippen MR) is 93.6 cm³/mol. The van der Waals surface area contributed by atoms with Gasteiger partial charge in [0.1, 0.15) is 0 Å². The molecule has 0 radical (unpaired) electrons. The fourth-order valence-corrected chi connectivity index (χ4v) is 2.57. The molecule has 0 amide bonds. The van der Waals surface area contributed by atoms with Gasteiger partial charge in [-0.1, -0.05) is 55.3 Å². The topological polar surface area (TPSA) is 23.8 Å². The molecule has 0 heterocycles. The van der Waals surface area contributed by atoms with E-state index in [-0.39, 0.29) is 0 Å². The Morgan fingerprint density at radius 2 is 1.41 bits per heavy atom. The zero-order chi connectivity index (χ0) is 15.6. The number of unbranched alkanes of at least 4 members (excludes halogenated alkanes) is 4. The van der Waals surface area contributed by atoms with Crippen molar-refractivity contribution in [1.29, 1.82) is 5.26 Å². The van der Waals surface area contributed by atoms with Gasteiger partial charge in [-0.05, 0) is 54.5 Å². The first kappa shape index (κ1) is 16.0. The molecule has 1 heteroatoms. The maximum Gasteiger partial charge on any atom is 0.0991 e. The lowest BCUT2D eigenvalue weighted by atomic mass is 10.0. The molecule has 0 unspecified atom stereocenters. The fourth-order valence-electron chi connectivity index (χ4n) is 2.57. The van der Waals surface area contributed by atoms with E-state index in [0.717, 1.165) is 18.4 Å². The Hall–Kier alpha value is -2.33. The predicted octanol–water partition coefficient (Wildman–Crippen LogP) is 5.90. The molecule has 0 saturated carbocycles. The van der Waals surface area contributed by atoms with Crippen molar-refractivity contribution < 1.29 is 0 Å². The van der Waals surface area contributed by atoms with Crippen LogP contribution in [0.25, 0.3) is 11.1 Å². The lowest BCUT2D eigenvalue weighted by molar-refractivity contribution is 0.646. The Labute approximate surface area is 133 Å². The van der Waals surface area contributed by atoms with E-state index in [4.69, 9.17) is 5.26 Å². The summed E-state index contributed by atoms with van der Waals surface area (Å²) in [5.74, 6) is 0. The van der Waals surface area contributed by atoms with Crippen molar-refractivity contribution in [2.24, 2.45) is 0 Å². The zero-order valence-corrected chi connectivity index (χ0v) is 13.1. The van der Waals surface area contributed by atoms with E-state index < -0.39 is 0 Å². The van der Waals surface area contributed by atoms with E-state index >= 15 is 0 Å². The van der Waals surface area contributed by atoms with Crippen LogP contribution in [-0.4, -0.2) is 0 Å². The third-order valence-corrected chi connectivity index (χ3v) is 3.92. The molecule has 1 nitrogen and oxygen atoms in total. The summed E-state index contributed by atoms with van der Waals surface area (Å²) in [4.78, 5) is 0. The highest BCUT2D eigenvalue weighted by atomic mass is 14.2. The molecule has 0 aromatic heterocycles. The SMILES string of the molecule is C=CCCCCCCc1ccc(-c2ccc(C#N)cc2)cc1. The minimum Gasteiger partial charge on any atom is -0.192 e. The van der Waals surface area contributed by atoms with Gasteiger partial charge in [0.05, 0.1) is 11.6 Å². The molecule has 0 bridgehead atoms. The van der Waals surface area contributed by atoms with Gasteiger partial charge in [0.25, 0.3) is 0 Å². The summed E-state index contributed by atoms with van der Waals surface area (Å²) < 4.78 is 0. The molecule has 2 rings (SSSR count). The summed E-state index contributed by atoms with van der Waals surface area (Å²) in [6.45, 7) is 3.75. The maximum absolute atomic E-state index is 8.83. The molecular formula is C21H23N. The Bertz CT molecular complexity index is 614. The van der Waals surface area contributed by atoms with Crippen LogP contribution in [0.5, 0.6) is 0 Å². The Morgan fingerprint density at radius 3 is 2.00 bits per heavy atom. The molecule has 0 saturated heterocycles. The first-order chi connectivity index (χ1) is 10.8. The second-order valence-corrected chi connectivity index (χ2v) is 5.63. The highest BCUT2D eigenvalue weighted by molar-refractivity contribution is 5.64. The van der Waals surface area contributed by atoms with E-state index in [1.807, 2.05) is 30.3 Å². The highest BCUT2D eigenvalue weighted by Gasteiger charge is 1.99. The standard InChI is InChI=1S/C21H23N/c1-2-3-4-5-6-7-8-18-9-13-20(14-10-18)21-15-11-19(17-22)12-16-21/h2,9-16H,1,3-8H2. The molecule has 0 aliphatic rings. The lowest BCUT2D eigenvalue weighted by Gasteiger charge is -2.05. The molecule has 0 spiro atoms. The first-order valence-electron chi connectivity index (χ1n) is 8.04. The highest BCUT2D eigenvalue weighted by Crippen LogP contribution is 2.21. The second-order valence-electron chi connectivity index (χ2n) is 5.63. The monoisotopic (exact) mass is 289 g/mol. The quantitative estimate of drug-likeness (QED) is 0.438. The van der Waals surface area contributed by atoms with Gasteiger partial charge in [0.2, 0.25) is 0 Å². The smallest absolute Gasteiger partial charge is 0.0991 e. The Balaban J connectivity index is 1.84. The number of benzene rings is 2. The minimum absolute atomic E-state index is 0.705. The van der Waals surface area contributed by atoms with Gasteiger partial charge in [-0.25, -0.2) is 0 Å². The zero-order valence-electron chi connectivity index (χ0n) is 13.1. The van der Waals surface area contributed by atoms with Crippen LogP contribution in [0.3, 0.4) is 0 Å². The maximum atomic E-state index is 8.83. The molecule has 2 aromatic rings. The van der Waals surface area contributed by atoms with Gasteiger partial charge in [0, 0.05) is 0 Å². The molecule has 0 aliphatic heterocycles. The van der Waals surface area contributed by atoms with Crippen molar-refractivity contribution in [3.8, 4) is 17.2 Å². The van der Waals surface area contributed by atoms with E-state index in [0.29, 0.717) is 5.56 Å². The van der Waals surface area contributed by atoms with Crippen LogP contribution in [0.15, 0.2) is 61.2 Å². The van der Waals surface area contributed by atoms with Crippen LogP contribution < -0.4 is 0 Å². The average Bonchev–Trinajstić information content (AvgIpc) is 2.59. The fraction of sp³-hybridized carbons (Fsp3) is 0.286. The molecule has 22 heavy (non-hydrogen) atoms. The largest absolute Gasteiger partial charge is 0.192 e. The van der Waals surface area contributed by atoms with Crippen LogP contribution in [0.2, 0.25) is 0 Å². The van der Waals surface area contributed by atoms with Crippen molar-refractivity contribution in [2.75, 3.05) is 0 Å². The molecule has 0 fully saturated rings. The summed E-state index contributed by atoms with van der Waals surface area (Å²) in [7, 11) is 0. The summed E-state index contributed by atoms with van der Waals surface area (Å²) in [6, 6.07) is 18.7. The average molecular weight is 289 g/mol. The molecule has 0 aliphatic carbocycles. The Kier molecular flexibility index (Phi) is 6.45. The molecular weight excluding hydrogens is 266 g/mol. The van der Waals surface area contributed by atoms with Crippen LogP contribution in [0.1, 0.15) is 43.2 Å². The normalized spacial score (nSPS) is 10.1. The van der Waals surface area contributed by atoms with Crippen LogP contribution >= 0.6 is 0 Å². The summed E-state index contributed by atoms with van der Waals surface area (Å²) in [5, 5.41) is 8.83. The van der Waals surface area contributed by atoms with Gasteiger partial charge in [-0.3, -0.25) is 0 Å². The van der Waals surface area contributed by atoms with Crippen molar-refractivity contribution in [3.63, 3.8) is 0 Å². The lowest BCUT2D eigenvalue weighted by Crippen LogP contribution is -1.87. The number of aryl methyl sites for hydroxylation is 1. The number of hydrogen-bond donors (Lipinski definition) is 0. The van der Waals surface area contributed by atoms with Gasteiger partial charge < -0.3 is 0 Å². The summed E-state index contributed by atoms with van der Waals surface area (Å²) in [5.41, 5.74) is 4.48. The van der Waals surface area contributed by atoms with Crippen molar-refractivity contribution >= 4 is 0 Å². The van der Waals surface area contributed by atoms with Gasteiger partial charge in [0.15, 0.2) is 0 Å². The number of nitriles is 1. The molecule has 112 valence electrons. The number of allylic oxidation sites excluding steroid dienone is 1. The molecule has 0 N–H and O–H groups in total. The van der Waals surface area contributed by atoms with Crippen LogP contribution in [0.4, 0.5) is 0 Å². The van der Waals surface area contributed by atoms with Gasteiger partial charge in [-0.2, -0.15) is 5.26 Å². The van der Waals surface area contributed by atoms with Crippen molar-refractivity contribution in [1.82, 2.24) is 0 Å². The minimum atomic E-state index is 0.705. The molecule has 0 atom stereocenters. The van der Waals surface area contributed by atoms with Gasteiger partial charge >= 0.3 is 0 Å². The number of nitrogens with zero attached hydrogens (tertiary/aromatic N) is 1. The third kappa shape index (κ3) is 4.90. The second kappa shape index (κ2) is 8.85. The van der Waals surface area contributed by atoms with Crippen molar-refractivity contribution in [3.05, 3.63) is 72.3 Å². The number of hydrogen-bond acceptors (Lipinski definition) is 1. The third-order valence-electron chi connectivity index (χ3n) is 3.92. The Morgan fingerprint density at radius 1 is 0.818 bits per heavy atom. The summed E-state index contributed by atoms with van der Waals surface area (Å²) >= 11 is 0. The van der Waals surface area contributed by atoms with E-state index in [2.05, 4.69) is 36.9 Å². The van der Waals surface area contributed by atoms with Crippen LogP contribution in [-0.2, 0) is 6.42 Å². The van der Waals surface area contributed by atoms with E-state index in [1.54, 1.807) is 0 Å². The first-order valence-corrected chi connectivity index (χ1v) is 8.04. The molecule has 2 aromatic carbocycles. The van der Waals surface area contributed by atoms with E-state index in [9.17, 15) is 0 Å². The van der Waals surface area contributed by atoms with Crippen molar-refractivity contribution in [2.45, 2.75) is 38.5 Å². The number of rotatable bonds is 8. The van der Waals surface area contributed by atoms with Gasteiger partial charge in [-0.15, -0.1) is 6.58 Å².